The Morgan fingerprint density at radius 3 is 1.64 bits per heavy atom. The fraction of sp³-hybridized carbons (Fsp3) is 0.417. The van der Waals surface area contributed by atoms with Gasteiger partial charge >= 0.3 is 0 Å². The summed E-state index contributed by atoms with van der Waals surface area (Å²) in [7, 11) is 0. The van der Waals surface area contributed by atoms with Crippen LogP contribution in [0.15, 0.2) is 54.6 Å². The Hall–Kier alpha value is -2.62. The van der Waals surface area contributed by atoms with Gasteiger partial charge in [-0.25, -0.2) is 0 Å². The molecule has 28 heavy (non-hydrogen) atoms. The van der Waals surface area contributed by atoms with Crippen LogP contribution in [0.5, 0.6) is 0 Å². The van der Waals surface area contributed by atoms with E-state index in [0.717, 1.165) is 62.7 Å². The Morgan fingerprint density at radius 2 is 1.14 bits per heavy atom. The molecule has 0 unspecified atom stereocenters. The highest BCUT2D eigenvalue weighted by Crippen LogP contribution is 2.33. The first-order chi connectivity index (χ1) is 13.7. The molecule has 0 radical (unpaired) electrons. The summed E-state index contributed by atoms with van der Waals surface area (Å²) in [6, 6.07) is 17.6. The number of anilines is 3. The van der Waals surface area contributed by atoms with Crippen LogP contribution in [0.2, 0.25) is 0 Å². The first-order valence-corrected chi connectivity index (χ1v) is 10.5. The zero-order chi connectivity index (χ0) is 19.3. The van der Waals surface area contributed by atoms with Crippen molar-refractivity contribution in [2.24, 2.45) is 11.8 Å². The molecule has 146 valence electrons. The van der Waals surface area contributed by atoms with E-state index in [2.05, 4.69) is 5.32 Å². The second-order valence-corrected chi connectivity index (χ2v) is 8.01. The first kappa shape index (κ1) is 18.7. The van der Waals surface area contributed by atoms with Gasteiger partial charge in [-0.2, -0.15) is 0 Å². The number of para-hydroxylation sites is 1. The number of rotatable bonds is 5. The average Bonchev–Trinajstić information content (AvgIpc) is 3.44. The summed E-state index contributed by atoms with van der Waals surface area (Å²) >= 11 is 0. The van der Waals surface area contributed by atoms with Crippen LogP contribution >= 0.6 is 0 Å². The summed E-state index contributed by atoms with van der Waals surface area (Å²) in [4.78, 5) is 27.9. The van der Waals surface area contributed by atoms with Crippen LogP contribution in [-0.4, -0.2) is 11.8 Å². The summed E-state index contributed by atoms with van der Waals surface area (Å²) in [5.41, 5.74) is 2.65. The molecule has 2 aromatic carbocycles. The third kappa shape index (κ3) is 4.11. The van der Waals surface area contributed by atoms with Crippen molar-refractivity contribution in [3.05, 3.63) is 54.6 Å². The van der Waals surface area contributed by atoms with E-state index in [-0.39, 0.29) is 23.7 Å². The van der Waals surface area contributed by atoms with Gasteiger partial charge in [0.05, 0.1) is 5.69 Å². The van der Waals surface area contributed by atoms with Gasteiger partial charge in [0.15, 0.2) is 0 Å². The van der Waals surface area contributed by atoms with Gasteiger partial charge in [-0.15, -0.1) is 0 Å². The van der Waals surface area contributed by atoms with Crippen LogP contribution in [0.1, 0.15) is 51.4 Å². The van der Waals surface area contributed by atoms with Gasteiger partial charge in [-0.3, -0.25) is 14.5 Å². The Balaban J connectivity index is 1.56. The van der Waals surface area contributed by atoms with Gasteiger partial charge < -0.3 is 5.32 Å². The molecule has 0 heterocycles. The lowest BCUT2D eigenvalue weighted by Crippen LogP contribution is -2.43. The van der Waals surface area contributed by atoms with Crippen molar-refractivity contribution in [2.75, 3.05) is 10.2 Å². The molecular formula is C24H28N2O2. The second-order valence-electron chi connectivity index (χ2n) is 8.01. The quantitative estimate of drug-likeness (QED) is 0.684. The largest absolute Gasteiger partial charge is 0.356 e. The molecule has 2 aromatic rings. The lowest BCUT2D eigenvalue weighted by Gasteiger charge is -2.26. The van der Waals surface area contributed by atoms with E-state index in [4.69, 9.17) is 0 Å². The summed E-state index contributed by atoms with van der Waals surface area (Å²) in [6.45, 7) is 0. The van der Waals surface area contributed by atoms with Crippen molar-refractivity contribution in [3.63, 3.8) is 0 Å². The minimum absolute atomic E-state index is 0.00170. The molecule has 2 amide bonds. The molecule has 0 aliphatic heterocycles. The number of carbonyl (C=O) groups excluding carboxylic acids is 2. The molecule has 0 saturated heterocycles. The highest BCUT2D eigenvalue weighted by Gasteiger charge is 2.36. The molecule has 0 atom stereocenters. The molecule has 1 N–H and O–H groups in total. The predicted molar refractivity (Wildman–Crippen MR) is 113 cm³/mol. The summed E-state index contributed by atoms with van der Waals surface area (Å²) < 4.78 is 0. The van der Waals surface area contributed by atoms with E-state index in [1.54, 1.807) is 0 Å². The monoisotopic (exact) mass is 376 g/mol. The molecule has 4 nitrogen and oxygen atoms in total. The Morgan fingerprint density at radius 1 is 0.679 bits per heavy atom. The van der Waals surface area contributed by atoms with Crippen LogP contribution in [-0.2, 0) is 9.59 Å². The zero-order valence-electron chi connectivity index (χ0n) is 16.3. The molecule has 2 fully saturated rings. The minimum Gasteiger partial charge on any atom is -0.356 e. The lowest BCUT2D eigenvalue weighted by molar-refractivity contribution is -0.130. The van der Waals surface area contributed by atoms with E-state index in [0.29, 0.717) is 5.69 Å². The molecule has 4 heteroatoms. The van der Waals surface area contributed by atoms with Crippen LogP contribution in [0.25, 0.3) is 0 Å². The number of amides is 2. The smallest absolute Gasteiger partial charge is 0.236 e. The van der Waals surface area contributed by atoms with Gasteiger partial charge in [-0.05, 0) is 62.1 Å². The summed E-state index contributed by atoms with van der Waals surface area (Å²) in [5, 5.41) is 3.35. The molecule has 2 saturated carbocycles. The molecule has 0 spiro atoms. The Labute approximate surface area is 166 Å². The number of hydrogen-bond acceptors (Lipinski definition) is 3. The van der Waals surface area contributed by atoms with Gasteiger partial charge in [0, 0.05) is 23.2 Å². The average molecular weight is 377 g/mol. The Kier molecular flexibility index (Phi) is 5.75. The van der Waals surface area contributed by atoms with Crippen LogP contribution < -0.4 is 10.2 Å². The van der Waals surface area contributed by atoms with Crippen molar-refractivity contribution in [1.29, 1.82) is 0 Å². The molecule has 0 bridgehead atoms. The van der Waals surface area contributed by atoms with Gasteiger partial charge in [0.1, 0.15) is 0 Å². The van der Waals surface area contributed by atoms with Crippen molar-refractivity contribution >= 4 is 28.9 Å². The van der Waals surface area contributed by atoms with Gasteiger partial charge in [0.25, 0.3) is 0 Å². The third-order valence-electron chi connectivity index (χ3n) is 6.04. The van der Waals surface area contributed by atoms with Crippen molar-refractivity contribution < 1.29 is 9.59 Å². The standard InChI is InChI=1S/C24H28N2O2/c27-23(18-8-4-5-9-18)26(24(28)19-10-6-7-11-19)22-16-14-21(15-17-22)25-20-12-2-1-3-13-20/h1-3,12-19,25H,4-11H2. The van der Waals surface area contributed by atoms with Gasteiger partial charge in [-0.1, -0.05) is 43.9 Å². The maximum atomic E-state index is 13.2. The van der Waals surface area contributed by atoms with E-state index >= 15 is 0 Å². The molecule has 2 aliphatic carbocycles. The number of benzene rings is 2. The minimum atomic E-state index is -0.00697. The number of nitrogens with zero attached hydrogens (tertiary/aromatic N) is 1. The molecular weight excluding hydrogens is 348 g/mol. The van der Waals surface area contributed by atoms with Crippen molar-refractivity contribution in [2.45, 2.75) is 51.4 Å². The highest BCUT2D eigenvalue weighted by molar-refractivity contribution is 6.16. The first-order valence-electron chi connectivity index (χ1n) is 10.5. The fourth-order valence-corrected chi connectivity index (χ4v) is 4.46. The van der Waals surface area contributed by atoms with Crippen LogP contribution in [0.3, 0.4) is 0 Å². The normalized spacial score (nSPS) is 17.6. The zero-order valence-corrected chi connectivity index (χ0v) is 16.3. The van der Waals surface area contributed by atoms with E-state index in [1.807, 2.05) is 54.6 Å². The predicted octanol–water partition coefficient (Wildman–Crippen LogP) is 5.67. The number of imide groups is 1. The fourth-order valence-electron chi connectivity index (χ4n) is 4.46. The maximum Gasteiger partial charge on any atom is 0.236 e. The molecule has 0 aromatic heterocycles. The number of hydrogen-bond donors (Lipinski definition) is 1. The third-order valence-corrected chi connectivity index (χ3v) is 6.04. The number of nitrogens with one attached hydrogen (secondary N) is 1. The van der Waals surface area contributed by atoms with Crippen LogP contribution in [0, 0.1) is 11.8 Å². The molecule has 2 aliphatic rings. The maximum absolute atomic E-state index is 13.2. The summed E-state index contributed by atoms with van der Waals surface area (Å²) in [6.07, 6.45) is 7.96. The topological polar surface area (TPSA) is 49.4 Å². The van der Waals surface area contributed by atoms with Crippen molar-refractivity contribution in [3.8, 4) is 0 Å². The summed E-state index contributed by atoms with van der Waals surface area (Å²) in [5.74, 6) is -0.0173. The van der Waals surface area contributed by atoms with Crippen LogP contribution in [0.4, 0.5) is 17.1 Å². The van der Waals surface area contributed by atoms with E-state index in [9.17, 15) is 9.59 Å². The van der Waals surface area contributed by atoms with E-state index < -0.39 is 0 Å². The number of carbonyl (C=O) groups is 2. The Bertz CT molecular complexity index is 776. The van der Waals surface area contributed by atoms with Crippen molar-refractivity contribution in [1.82, 2.24) is 0 Å². The highest BCUT2D eigenvalue weighted by atomic mass is 16.2. The van der Waals surface area contributed by atoms with Gasteiger partial charge in [0.2, 0.25) is 11.8 Å². The molecule has 4 rings (SSSR count). The second kappa shape index (κ2) is 8.59. The van der Waals surface area contributed by atoms with E-state index in [1.165, 1.54) is 4.90 Å². The lowest BCUT2D eigenvalue weighted by atomic mass is 10.0. The SMILES string of the molecule is O=C(C1CCCC1)N(C(=O)C1CCCC1)c1ccc(Nc2ccccc2)cc1.